The van der Waals surface area contributed by atoms with Gasteiger partial charge in [0.15, 0.2) is 0 Å². The lowest BCUT2D eigenvalue weighted by molar-refractivity contribution is -0.191. The molecule has 2 saturated heterocycles. The van der Waals surface area contributed by atoms with Crippen LogP contribution in [-0.4, -0.2) is 60.4 Å². The molecule has 3 N–H and O–H groups in total. The van der Waals surface area contributed by atoms with E-state index in [-0.39, 0.29) is 6.15 Å². The van der Waals surface area contributed by atoms with Gasteiger partial charge in [0.1, 0.15) is 0 Å². The molecule has 0 aliphatic carbocycles. The molecule has 126 valence electrons. The van der Waals surface area contributed by atoms with E-state index < -0.39 is 7.12 Å². The van der Waals surface area contributed by atoms with E-state index in [1.807, 2.05) is 0 Å². The van der Waals surface area contributed by atoms with E-state index in [2.05, 4.69) is 10.2 Å². The largest absolute Gasteiger partial charge is 0.451 e. The van der Waals surface area contributed by atoms with Crippen LogP contribution in [0.25, 0.3) is 0 Å². The first kappa shape index (κ1) is 19.3. The number of carbonyl (C=O) groups excluding carboxylic acids is 2. The molecule has 7 heteroatoms. The molecule has 0 aromatic carbocycles. The van der Waals surface area contributed by atoms with Gasteiger partial charge >= 0.3 is 13.3 Å². The van der Waals surface area contributed by atoms with Gasteiger partial charge < -0.3 is 20.3 Å². The molecule has 0 aromatic rings. The molecule has 0 saturated carbocycles. The summed E-state index contributed by atoms with van der Waals surface area (Å²) in [5, 5.41) is 21.5. The summed E-state index contributed by atoms with van der Waals surface area (Å²) >= 11 is 0. The fourth-order valence-corrected chi connectivity index (χ4v) is 3.48. The minimum atomic E-state index is -1.12. The Bertz CT molecular complexity index is 319. The Morgan fingerprint density at radius 1 is 1.14 bits per heavy atom. The zero-order valence-electron chi connectivity index (χ0n) is 13.4. The van der Waals surface area contributed by atoms with Crippen LogP contribution in [0.4, 0.5) is 0 Å². The van der Waals surface area contributed by atoms with Crippen molar-refractivity contribution in [1.29, 1.82) is 0 Å². The van der Waals surface area contributed by atoms with E-state index in [4.69, 9.17) is 19.6 Å². The van der Waals surface area contributed by atoms with Crippen molar-refractivity contribution in [3.8, 4) is 0 Å². The highest BCUT2D eigenvalue weighted by Gasteiger charge is 2.23. The van der Waals surface area contributed by atoms with Gasteiger partial charge in [-0.1, -0.05) is 12.8 Å². The average Bonchev–Trinajstić information content (AvgIpc) is 2.53. The Morgan fingerprint density at radius 3 is 2.45 bits per heavy atom. The minimum absolute atomic E-state index is 0.250. The molecule has 0 bridgehead atoms. The smallest absolute Gasteiger partial charge is 0.427 e. The van der Waals surface area contributed by atoms with Crippen molar-refractivity contribution in [2.24, 2.45) is 5.92 Å². The topological polar surface area (TPSA) is 89.9 Å². The molecule has 0 aromatic heterocycles. The Hall–Kier alpha value is -0.715. The number of piperidine rings is 2. The van der Waals surface area contributed by atoms with Crippen molar-refractivity contribution in [2.75, 3.05) is 26.2 Å². The van der Waals surface area contributed by atoms with Gasteiger partial charge in [-0.25, -0.2) is 0 Å². The predicted octanol–water partition coefficient (Wildman–Crippen LogP) is 0.510. The molecule has 2 aliphatic rings. The predicted molar refractivity (Wildman–Crippen MR) is 84.0 cm³/mol. The highest BCUT2D eigenvalue weighted by atomic mass is 16.4. The Kier molecular flexibility index (Phi) is 10.4. The van der Waals surface area contributed by atoms with Crippen LogP contribution >= 0.6 is 0 Å². The second-order valence-corrected chi connectivity index (χ2v) is 6.37. The summed E-state index contributed by atoms with van der Waals surface area (Å²) in [7, 11) is -1.12. The van der Waals surface area contributed by atoms with Gasteiger partial charge in [-0.2, -0.15) is 9.59 Å². The van der Waals surface area contributed by atoms with E-state index >= 15 is 0 Å². The van der Waals surface area contributed by atoms with Crippen LogP contribution in [0.3, 0.4) is 0 Å². The number of hydrogen-bond donors (Lipinski definition) is 3. The van der Waals surface area contributed by atoms with Gasteiger partial charge in [-0.15, -0.1) is 0 Å². The molecular formula is C15H29BN2O4. The second kappa shape index (κ2) is 11.8. The molecule has 2 heterocycles. The molecule has 0 spiro atoms. The molecule has 2 fully saturated rings. The summed E-state index contributed by atoms with van der Waals surface area (Å²) in [6.45, 7) is 4.89. The second-order valence-electron chi connectivity index (χ2n) is 6.37. The Morgan fingerprint density at radius 2 is 1.82 bits per heavy atom. The number of rotatable bonds is 6. The van der Waals surface area contributed by atoms with E-state index in [0.717, 1.165) is 13.0 Å². The number of hydrogen-bond acceptors (Lipinski definition) is 6. The maximum absolute atomic E-state index is 8.96. The van der Waals surface area contributed by atoms with Gasteiger partial charge in [0.2, 0.25) is 0 Å². The van der Waals surface area contributed by atoms with Gasteiger partial charge in [-0.3, -0.25) is 0 Å². The van der Waals surface area contributed by atoms with Crippen LogP contribution in [0.1, 0.15) is 44.9 Å². The molecule has 2 aliphatic heterocycles. The van der Waals surface area contributed by atoms with Crippen LogP contribution in [0.2, 0.25) is 6.32 Å². The first-order chi connectivity index (χ1) is 10.7. The maximum Gasteiger partial charge on any atom is 0.451 e. The van der Waals surface area contributed by atoms with Gasteiger partial charge in [0.05, 0.1) is 0 Å². The first-order valence-corrected chi connectivity index (χ1v) is 8.47. The lowest BCUT2D eigenvalue weighted by atomic mass is 9.77. The molecule has 6 nitrogen and oxygen atoms in total. The fraction of sp³-hybridized carbons (Fsp3) is 0.933. The molecule has 0 radical (unpaired) electrons. The zero-order valence-corrected chi connectivity index (χ0v) is 13.4. The average molecular weight is 312 g/mol. The van der Waals surface area contributed by atoms with Gasteiger partial charge in [0, 0.05) is 6.04 Å². The summed E-state index contributed by atoms with van der Waals surface area (Å²) in [4.78, 5) is 18.9. The summed E-state index contributed by atoms with van der Waals surface area (Å²) in [5.41, 5.74) is 0. The van der Waals surface area contributed by atoms with Crippen LogP contribution in [0, 0.1) is 5.92 Å². The third-order valence-corrected chi connectivity index (χ3v) is 4.68. The summed E-state index contributed by atoms with van der Waals surface area (Å²) in [5.74, 6) is 0.675. The number of nitrogens with zero attached hydrogens (tertiary/aromatic N) is 1. The van der Waals surface area contributed by atoms with E-state index in [1.54, 1.807) is 0 Å². The Balaban J connectivity index is 0.000000745. The third-order valence-electron chi connectivity index (χ3n) is 4.68. The zero-order chi connectivity index (χ0) is 16.2. The molecule has 22 heavy (non-hydrogen) atoms. The summed E-state index contributed by atoms with van der Waals surface area (Å²) < 4.78 is 0. The Labute approximate surface area is 133 Å². The summed E-state index contributed by atoms with van der Waals surface area (Å²) in [6, 6.07) is 0.636. The highest BCUT2D eigenvalue weighted by Crippen LogP contribution is 2.23. The lowest BCUT2D eigenvalue weighted by Crippen LogP contribution is -2.41. The van der Waals surface area contributed by atoms with Gasteiger partial charge in [-0.05, 0) is 70.5 Å². The quantitative estimate of drug-likeness (QED) is 0.619. The fourth-order valence-electron chi connectivity index (χ4n) is 3.48. The monoisotopic (exact) mass is 312 g/mol. The van der Waals surface area contributed by atoms with E-state index in [9.17, 15) is 0 Å². The standard InChI is InChI=1S/C14H29BN2O2.CO2/c18-15(19)7-4-13-5-8-16-14(12-13)6-11-17-9-2-1-3-10-17;2-1-3/h13-14,16,18-19H,1-12H2;. The molecule has 2 unspecified atom stereocenters. The van der Waals surface area contributed by atoms with Gasteiger partial charge in [0.25, 0.3) is 0 Å². The van der Waals surface area contributed by atoms with Crippen molar-refractivity contribution in [2.45, 2.75) is 57.3 Å². The van der Waals surface area contributed by atoms with Crippen LogP contribution in [0.15, 0.2) is 0 Å². The van der Waals surface area contributed by atoms with Crippen LogP contribution in [-0.2, 0) is 9.59 Å². The minimum Gasteiger partial charge on any atom is -0.427 e. The number of nitrogens with one attached hydrogen (secondary N) is 1. The van der Waals surface area contributed by atoms with Crippen LogP contribution < -0.4 is 5.32 Å². The number of likely N-dealkylation sites (tertiary alicyclic amines) is 1. The van der Waals surface area contributed by atoms with Crippen molar-refractivity contribution in [1.82, 2.24) is 10.2 Å². The third kappa shape index (κ3) is 8.66. The molecule has 2 rings (SSSR count). The molecular weight excluding hydrogens is 283 g/mol. The highest BCUT2D eigenvalue weighted by molar-refractivity contribution is 6.40. The molecule has 0 amide bonds. The van der Waals surface area contributed by atoms with Crippen molar-refractivity contribution >= 4 is 13.3 Å². The lowest BCUT2D eigenvalue weighted by Gasteiger charge is -2.33. The summed E-state index contributed by atoms with van der Waals surface area (Å²) in [6.07, 6.45) is 9.53. The van der Waals surface area contributed by atoms with Crippen molar-refractivity contribution in [3.63, 3.8) is 0 Å². The van der Waals surface area contributed by atoms with Crippen molar-refractivity contribution in [3.05, 3.63) is 0 Å². The molecule has 2 atom stereocenters. The van der Waals surface area contributed by atoms with Crippen LogP contribution in [0.5, 0.6) is 0 Å². The maximum atomic E-state index is 8.96. The SMILES string of the molecule is O=C=O.OB(O)CCC1CCNC(CCN2CCCCC2)C1. The first-order valence-electron chi connectivity index (χ1n) is 8.47. The van der Waals surface area contributed by atoms with Crippen molar-refractivity contribution < 1.29 is 19.6 Å². The van der Waals surface area contributed by atoms with E-state index in [1.165, 1.54) is 58.2 Å². The normalized spacial score (nSPS) is 25.7. The van der Waals surface area contributed by atoms with E-state index in [0.29, 0.717) is 18.3 Å².